The highest BCUT2D eigenvalue weighted by Crippen LogP contribution is 2.34. The first-order valence-corrected chi connectivity index (χ1v) is 9.21. The van der Waals surface area contributed by atoms with E-state index in [4.69, 9.17) is 12.2 Å². The largest absolute Gasteiger partial charge is 0.273 e. The molecule has 9 heteroatoms. The quantitative estimate of drug-likeness (QED) is 0.227. The van der Waals surface area contributed by atoms with Crippen LogP contribution in [0.25, 0.3) is 6.08 Å². The van der Waals surface area contributed by atoms with E-state index < -0.39 is 16.7 Å². The van der Waals surface area contributed by atoms with E-state index in [1.807, 2.05) is 24.3 Å². The summed E-state index contributed by atoms with van der Waals surface area (Å²) in [6.45, 7) is 0. The average Bonchev–Trinajstić information content (AvgIpc) is 2.90. The third kappa shape index (κ3) is 3.74. The Hall–Kier alpha value is -2.36. The van der Waals surface area contributed by atoms with Crippen LogP contribution >= 0.6 is 39.9 Å². The molecule has 1 fully saturated rings. The van der Waals surface area contributed by atoms with E-state index in [9.17, 15) is 19.7 Å². The molecule has 3 rings (SSSR count). The predicted octanol–water partition coefficient (Wildman–Crippen LogP) is 4.40. The summed E-state index contributed by atoms with van der Waals surface area (Å²) in [5.41, 5.74) is 0.587. The lowest BCUT2D eigenvalue weighted by molar-refractivity contribution is -0.384. The van der Waals surface area contributed by atoms with Gasteiger partial charge in [-0.15, -0.1) is 0 Å². The molecule has 1 saturated heterocycles. The zero-order chi connectivity index (χ0) is 18.8. The molecule has 6 nitrogen and oxygen atoms in total. The second kappa shape index (κ2) is 7.48. The molecule has 0 radical (unpaired) electrons. The Labute approximate surface area is 166 Å². The van der Waals surface area contributed by atoms with Crippen molar-refractivity contribution in [3.63, 3.8) is 0 Å². The Balaban J connectivity index is 1.89. The number of nitro groups is 1. The molecule has 130 valence electrons. The minimum absolute atomic E-state index is 0.0281. The summed E-state index contributed by atoms with van der Waals surface area (Å²) >= 11 is 9.51. The minimum Gasteiger partial charge on any atom is -0.268 e. The van der Waals surface area contributed by atoms with Gasteiger partial charge in [0.2, 0.25) is 0 Å². The van der Waals surface area contributed by atoms with Crippen molar-refractivity contribution in [3.8, 4) is 0 Å². The summed E-state index contributed by atoms with van der Waals surface area (Å²) in [6, 6.07) is 12.5. The van der Waals surface area contributed by atoms with Gasteiger partial charge in [-0.2, -0.15) is 0 Å². The van der Waals surface area contributed by atoms with Crippen LogP contribution in [-0.4, -0.2) is 26.0 Å². The maximum absolute atomic E-state index is 12.6. The van der Waals surface area contributed by atoms with Crippen molar-refractivity contribution in [1.82, 2.24) is 4.90 Å². The SMILES string of the molecule is O=C1/C(=C/c2ccc(Br)cc2)SC(=S)N1C(=O)c1cccc([N+](=O)[O-])c1. The Morgan fingerprint density at radius 2 is 1.92 bits per heavy atom. The van der Waals surface area contributed by atoms with Gasteiger partial charge in [0.25, 0.3) is 17.5 Å². The van der Waals surface area contributed by atoms with Crippen LogP contribution in [0.15, 0.2) is 57.9 Å². The van der Waals surface area contributed by atoms with Gasteiger partial charge in [-0.3, -0.25) is 19.7 Å². The maximum atomic E-state index is 12.6. The number of hydrogen-bond donors (Lipinski definition) is 0. The van der Waals surface area contributed by atoms with Gasteiger partial charge in [0.05, 0.1) is 9.83 Å². The van der Waals surface area contributed by atoms with Crippen molar-refractivity contribution in [3.05, 3.63) is 79.2 Å². The highest BCUT2D eigenvalue weighted by atomic mass is 79.9. The molecule has 1 heterocycles. The molecule has 0 aromatic heterocycles. The highest BCUT2D eigenvalue weighted by molar-refractivity contribution is 9.10. The number of imide groups is 1. The predicted molar refractivity (Wildman–Crippen MR) is 107 cm³/mol. The van der Waals surface area contributed by atoms with Crippen molar-refractivity contribution >= 4 is 67.8 Å². The standard InChI is InChI=1S/C17H9BrN2O4S2/c18-12-6-4-10(5-7-12)8-14-16(22)19(17(25)26-14)15(21)11-2-1-3-13(9-11)20(23)24/h1-9H/b14-8-. The van der Waals surface area contributed by atoms with Crippen molar-refractivity contribution in [2.45, 2.75) is 0 Å². The number of nitrogens with zero attached hydrogens (tertiary/aromatic N) is 2. The summed E-state index contributed by atoms with van der Waals surface area (Å²) < 4.78 is 0.998. The van der Waals surface area contributed by atoms with Gasteiger partial charge < -0.3 is 0 Å². The lowest BCUT2D eigenvalue weighted by Crippen LogP contribution is -2.34. The highest BCUT2D eigenvalue weighted by Gasteiger charge is 2.37. The Bertz CT molecular complexity index is 973. The van der Waals surface area contributed by atoms with Crippen LogP contribution in [0.3, 0.4) is 0 Å². The minimum atomic E-state index is -0.685. The fourth-order valence-electron chi connectivity index (χ4n) is 2.23. The number of amides is 2. The van der Waals surface area contributed by atoms with Crippen LogP contribution in [-0.2, 0) is 4.79 Å². The first-order chi connectivity index (χ1) is 12.4. The second-order valence-electron chi connectivity index (χ2n) is 5.18. The van der Waals surface area contributed by atoms with Crippen LogP contribution in [0.5, 0.6) is 0 Å². The van der Waals surface area contributed by atoms with E-state index in [0.717, 1.165) is 32.8 Å². The molecule has 2 amide bonds. The number of thioether (sulfide) groups is 1. The smallest absolute Gasteiger partial charge is 0.268 e. The van der Waals surface area contributed by atoms with Gasteiger partial charge in [-0.25, -0.2) is 4.90 Å². The molecule has 0 N–H and O–H groups in total. The number of carbonyl (C=O) groups is 2. The number of halogens is 1. The molecule has 0 bridgehead atoms. The zero-order valence-electron chi connectivity index (χ0n) is 12.9. The average molecular weight is 449 g/mol. The first-order valence-electron chi connectivity index (χ1n) is 7.19. The number of carbonyl (C=O) groups excluding carboxylic acids is 2. The molecule has 0 aliphatic carbocycles. The third-order valence-electron chi connectivity index (χ3n) is 3.47. The van der Waals surface area contributed by atoms with E-state index in [1.165, 1.54) is 18.2 Å². The summed E-state index contributed by atoms with van der Waals surface area (Å²) in [7, 11) is 0. The molecule has 26 heavy (non-hydrogen) atoms. The van der Waals surface area contributed by atoms with Crippen LogP contribution in [0, 0.1) is 10.1 Å². The molecular formula is C17H9BrN2O4S2. The molecule has 2 aromatic rings. The Kier molecular flexibility index (Phi) is 5.30. The summed E-state index contributed by atoms with van der Waals surface area (Å²) in [5, 5.41) is 10.9. The number of nitro benzene ring substituents is 1. The zero-order valence-corrected chi connectivity index (χ0v) is 16.1. The second-order valence-corrected chi connectivity index (χ2v) is 7.77. The summed E-state index contributed by atoms with van der Waals surface area (Å²) in [6.07, 6.45) is 1.65. The van der Waals surface area contributed by atoms with Crippen LogP contribution < -0.4 is 0 Å². The molecule has 0 saturated carbocycles. The molecule has 0 spiro atoms. The number of benzene rings is 2. The maximum Gasteiger partial charge on any atom is 0.273 e. The van der Waals surface area contributed by atoms with Gasteiger partial charge in [0.15, 0.2) is 4.32 Å². The monoisotopic (exact) mass is 448 g/mol. The van der Waals surface area contributed by atoms with Gasteiger partial charge >= 0.3 is 0 Å². The molecule has 1 aliphatic rings. The van der Waals surface area contributed by atoms with Crippen molar-refractivity contribution in [2.75, 3.05) is 0 Å². The number of rotatable bonds is 3. The normalized spacial score (nSPS) is 15.6. The van der Waals surface area contributed by atoms with Crippen molar-refractivity contribution in [1.29, 1.82) is 0 Å². The van der Waals surface area contributed by atoms with Gasteiger partial charge in [-0.05, 0) is 29.8 Å². The third-order valence-corrected chi connectivity index (χ3v) is 5.30. The lowest BCUT2D eigenvalue weighted by atomic mass is 10.1. The number of hydrogen-bond acceptors (Lipinski definition) is 6. The van der Waals surface area contributed by atoms with E-state index in [2.05, 4.69) is 15.9 Å². The van der Waals surface area contributed by atoms with Gasteiger partial charge in [0.1, 0.15) is 0 Å². The number of thiocarbonyl (C=S) groups is 1. The van der Waals surface area contributed by atoms with Crippen LogP contribution in [0.1, 0.15) is 15.9 Å². The molecule has 1 aliphatic heterocycles. The summed E-state index contributed by atoms with van der Waals surface area (Å²) in [5.74, 6) is -1.23. The van der Waals surface area contributed by atoms with Crippen molar-refractivity contribution in [2.24, 2.45) is 0 Å². The van der Waals surface area contributed by atoms with E-state index in [-0.39, 0.29) is 15.6 Å². The summed E-state index contributed by atoms with van der Waals surface area (Å²) in [4.78, 5) is 36.7. The van der Waals surface area contributed by atoms with Gasteiger partial charge in [0, 0.05) is 22.2 Å². The van der Waals surface area contributed by atoms with Crippen LogP contribution in [0.2, 0.25) is 0 Å². The molecule has 2 aromatic carbocycles. The van der Waals surface area contributed by atoms with E-state index in [1.54, 1.807) is 6.08 Å². The Morgan fingerprint density at radius 3 is 2.58 bits per heavy atom. The van der Waals surface area contributed by atoms with E-state index >= 15 is 0 Å². The topological polar surface area (TPSA) is 80.5 Å². The van der Waals surface area contributed by atoms with E-state index in [0.29, 0.717) is 4.91 Å². The molecule has 0 atom stereocenters. The first kappa shape index (κ1) is 18.4. The Morgan fingerprint density at radius 1 is 1.23 bits per heavy atom. The fourth-order valence-corrected chi connectivity index (χ4v) is 3.75. The molecule has 0 unspecified atom stereocenters. The van der Waals surface area contributed by atoms with Gasteiger partial charge in [-0.1, -0.05) is 58.1 Å². The molecular weight excluding hydrogens is 440 g/mol. The van der Waals surface area contributed by atoms with Crippen LogP contribution in [0.4, 0.5) is 5.69 Å². The lowest BCUT2D eigenvalue weighted by Gasteiger charge is -2.12. The fraction of sp³-hybridized carbons (Fsp3) is 0. The van der Waals surface area contributed by atoms with Crippen molar-refractivity contribution < 1.29 is 14.5 Å². The number of non-ortho nitro benzene ring substituents is 1.